The zero-order valence-electron chi connectivity index (χ0n) is 19.1. The number of carbonyl (C=O) groups is 1. The summed E-state index contributed by atoms with van der Waals surface area (Å²) in [6.07, 6.45) is 0.471. The maximum absolute atomic E-state index is 12.6. The number of hydrogen-bond acceptors (Lipinski definition) is 2. The summed E-state index contributed by atoms with van der Waals surface area (Å²) < 4.78 is 6.44. The molecule has 1 atom stereocenters. The van der Waals surface area contributed by atoms with Gasteiger partial charge in [-0.3, -0.25) is 4.79 Å². The van der Waals surface area contributed by atoms with Crippen LogP contribution in [-0.2, 0) is 4.79 Å². The van der Waals surface area contributed by atoms with Crippen LogP contribution in [0.1, 0.15) is 89.0 Å². The molecule has 3 nitrogen and oxygen atoms in total. The number of nitrogens with one attached hydrogen (secondary N) is 1. The molecule has 0 spiro atoms. The molecule has 1 N–H and O–H groups in total. The fourth-order valence-corrected chi connectivity index (χ4v) is 4.25. The number of anilines is 1. The number of rotatable bonds is 4. The fraction of sp³-hybridized carbons (Fsp3) is 0.500. The van der Waals surface area contributed by atoms with E-state index in [0.717, 1.165) is 22.6 Å². The van der Waals surface area contributed by atoms with Gasteiger partial charge in [-0.05, 0) is 54.9 Å². The smallest absolute Gasteiger partial charge is 0.224 e. The van der Waals surface area contributed by atoms with Crippen molar-refractivity contribution in [3.05, 3.63) is 58.7 Å². The third-order valence-electron chi connectivity index (χ3n) is 5.53. The highest BCUT2D eigenvalue weighted by molar-refractivity contribution is 5.93. The molecule has 3 heteroatoms. The Morgan fingerprint density at radius 2 is 1.76 bits per heavy atom. The van der Waals surface area contributed by atoms with Crippen LogP contribution in [0.4, 0.5) is 5.69 Å². The molecule has 2 aromatic carbocycles. The monoisotopic (exact) mass is 393 g/mol. The van der Waals surface area contributed by atoms with Gasteiger partial charge in [0.25, 0.3) is 0 Å². The van der Waals surface area contributed by atoms with Crippen LogP contribution in [0.3, 0.4) is 0 Å². The Hall–Kier alpha value is -2.29. The van der Waals surface area contributed by atoms with Crippen molar-refractivity contribution in [3.63, 3.8) is 0 Å². The van der Waals surface area contributed by atoms with Crippen molar-refractivity contribution in [2.24, 2.45) is 5.41 Å². The lowest BCUT2D eigenvalue weighted by atomic mass is 9.80. The fourth-order valence-electron chi connectivity index (χ4n) is 4.25. The Morgan fingerprint density at radius 3 is 2.31 bits per heavy atom. The topological polar surface area (TPSA) is 38.3 Å². The van der Waals surface area contributed by atoms with Crippen molar-refractivity contribution in [3.8, 4) is 5.75 Å². The van der Waals surface area contributed by atoms with Crippen molar-refractivity contribution < 1.29 is 9.53 Å². The molecular formula is C26H35NO2. The number of amides is 1. The summed E-state index contributed by atoms with van der Waals surface area (Å²) in [5, 5.41) is 3.11. The third kappa shape index (κ3) is 4.66. The summed E-state index contributed by atoms with van der Waals surface area (Å²) in [4.78, 5) is 12.6. The Morgan fingerprint density at radius 1 is 1.14 bits per heavy atom. The van der Waals surface area contributed by atoms with Crippen LogP contribution < -0.4 is 10.1 Å². The average molecular weight is 394 g/mol. The molecule has 156 valence electrons. The molecule has 29 heavy (non-hydrogen) atoms. The van der Waals surface area contributed by atoms with E-state index in [9.17, 15) is 4.79 Å². The van der Waals surface area contributed by atoms with Gasteiger partial charge in [-0.1, -0.05) is 65.0 Å². The lowest BCUT2D eigenvalue weighted by molar-refractivity contribution is -0.117. The van der Waals surface area contributed by atoms with E-state index in [2.05, 4.69) is 91.0 Å². The van der Waals surface area contributed by atoms with Gasteiger partial charge in [0.2, 0.25) is 5.91 Å². The van der Waals surface area contributed by atoms with E-state index in [1.54, 1.807) is 0 Å². The minimum atomic E-state index is -0.390. The minimum Gasteiger partial charge on any atom is -0.484 e. The first-order chi connectivity index (χ1) is 13.4. The van der Waals surface area contributed by atoms with Crippen LogP contribution in [-0.4, -0.2) is 11.5 Å². The second-order valence-electron chi connectivity index (χ2n) is 10.5. The molecule has 1 aliphatic heterocycles. The molecule has 1 heterocycles. The summed E-state index contributed by atoms with van der Waals surface area (Å²) in [5.74, 6) is 1.46. The molecular weight excluding hydrogens is 358 g/mol. The molecule has 1 aliphatic rings. The van der Waals surface area contributed by atoms with Gasteiger partial charge in [0.15, 0.2) is 0 Å². The van der Waals surface area contributed by atoms with Crippen LogP contribution in [0.2, 0.25) is 0 Å². The number of aryl methyl sites for hydroxylation is 1. The highest BCUT2D eigenvalue weighted by Crippen LogP contribution is 2.51. The van der Waals surface area contributed by atoms with Gasteiger partial charge in [0.1, 0.15) is 11.4 Å². The van der Waals surface area contributed by atoms with Crippen molar-refractivity contribution in [2.75, 3.05) is 5.32 Å². The second kappa shape index (κ2) is 7.51. The Balaban J connectivity index is 2.00. The molecule has 1 amide bonds. The summed E-state index contributed by atoms with van der Waals surface area (Å²) in [6, 6.07) is 13.1. The largest absolute Gasteiger partial charge is 0.484 e. The van der Waals surface area contributed by atoms with Gasteiger partial charge in [-0.25, -0.2) is 0 Å². The van der Waals surface area contributed by atoms with E-state index in [4.69, 9.17) is 4.74 Å². The Labute approximate surface area is 175 Å². The standard InChI is InChI=1S/C26H35NO2/c1-16(2)18-9-11-19(12-10-18)23-20-13-17(3)14-21(24(20)29-26(23,7)8)27-22(28)15-25(4,5)6/h9-14,16,23H,15H2,1-8H3,(H,27,28). The summed E-state index contributed by atoms with van der Waals surface area (Å²) in [7, 11) is 0. The lowest BCUT2D eigenvalue weighted by Crippen LogP contribution is -2.31. The van der Waals surface area contributed by atoms with E-state index in [1.165, 1.54) is 11.1 Å². The van der Waals surface area contributed by atoms with Crippen LogP contribution in [0.25, 0.3) is 0 Å². The van der Waals surface area contributed by atoms with E-state index in [-0.39, 0.29) is 22.8 Å². The molecule has 0 saturated carbocycles. The Kier molecular flexibility index (Phi) is 5.55. The molecule has 0 aromatic heterocycles. The van der Waals surface area contributed by atoms with Gasteiger partial charge in [-0.2, -0.15) is 0 Å². The van der Waals surface area contributed by atoms with Crippen LogP contribution in [0.5, 0.6) is 5.75 Å². The van der Waals surface area contributed by atoms with E-state index >= 15 is 0 Å². The molecule has 0 fully saturated rings. The average Bonchev–Trinajstić information content (AvgIpc) is 2.83. The first-order valence-corrected chi connectivity index (χ1v) is 10.6. The number of hydrogen-bond donors (Lipinski definition) is 1. The van der Waals surface area contributed by atoms with Gasteiger partial charge < -0.3 is 10.1 Å². The molecule has 0 radical (unpaired) electrons. The maximum atomic E-state index is 12.6. The normalized spacial score (nSPS) is 17.8. The van der Waals surface area contributed by atoms with E-state index in [1.807, 2.05) is 6.07 Å². The SMILES string of the molecule is Cc1cc(NC(=O)CC(C)(C)C)c2c(c1)C(c1ccc(C(C)C)cc1)C(C)(C)O2. The van der Waals surface area contributed by atoms with Crippen molar-refractivity contribution in [2.45, 2.75) is 79.2 Å². The lowest BCUT2D eigenvalue weighted by Gasteiger charge is -2.27. The number of ether oxygens (including phenoxy) is 1. The predicted octanol–water partition coefficient (Wildman–Crippen LogP) is 6.80. The zero-order valence-corrected chi connectivity index (χ0v) is 19.1. The third-order valence-corrected chi connectivity index (χ3v) is 5.53. The number of benzene rings is 2. The van der Waals surface area contributed by atoms with Crippen LogP contribution in [0, 0.1) is 12.3 Å². The minimum absolute atomic E-state index is 0.0245. The molecule has 0 bridgehead atoms. The Bertz CT molecular complexity index is 902. The van der Waals surface area contributed by atoms with Crippen molar-refractivity contribution in [1.29, 1.82) is 0 Å². The summed E-state index contributed by atoms with van der Waals surface area (Å²) in [6.45, 7) is 17.0. The van der Waals surface area contributed by atoms with Gasteiger partial charge in [0.05, 0.1) is 11.6 Å². The molecule has 2 aromatic rings. The maximum Gasteiger partial charge on any atom is 0.224 e. The highest BCUT2D eigenvalue weighted by atomic mass is 16.5. The van der Waals surface area contributed by atoms with Gasteiger partial charge in [-0.15, -0.1) is 0 Å². The number of carbonyl (C=O) groups excluding carboxylic acids is 1. The molecule has 0 aliphatic carbocycles. The van der Waals surface area contributed by atoms with E-state index in [0.29, 0.717) is 12.3 Å². The first kappa shape index (κ1) is 21.4. The highest BCUT2D eigenvalue weighted by Gasteiger charge is 2.43. The summed E-state index contributed by atoms with van der Waals surface area (Å²) in [5.41, 5.74) is 5.19. The zero-order chi connectivity index (χ0) is 21.6. The predicted molar refractivity (Wildman–Crippen MR) is 121 cm³/mol. The second-order valence-corrected chi connectivity index (χ2v) is 10.5. The number of fused-ring (bicyclic) bond motifs is 1. The van der Waals surface area contributed by atoms with E-state index < -0.39 is 0 Å². The quantitative estimate of drug-likeness (QED) is 0.620. The van der Waals surface area contributed by atoms with Crippen LogP contribution >= 0.6 is 0 Å². The molecule has 3 rings (SSSR count). The van der Waals surface area contributed by atoms with Crippen molar-refractivity contribution in [1.82, 2.24) is 0 Å². The van der Waals surface area contributed by atoms with Crippen molar-refractivity contribution >= 4 is 11.6 Å². The summed E-state index contributed by atoms with van der Waals surface area (Å²) >= 11 is 0. The van der Waals surface area contributed by atoms with Crippen LogP contribution in [0.15, 0.2) is 36.4 Å². The first-order valence-electron chi connectivity index (χ1n) is 10.6. The van der Waals surface area contributed by atoms with Gasteiger partial charge in [0, 0.05) is 12.0 Å². The molecule has 1 unspecified atom stereocenters. The molecule has 0 saturated heterocycles. The van der Waals surface area contributed by atoms with Gasteiger partial charge >= 0.3 is 0 Å².